The number of fused-ring (bicyclic) bond motifs is 2. The second-order valence-corrected chi connectivity index (χ2v) is 6.54. The molecule has 0 N–H and O–H groups in total. The summed E-state index contributed by atoms with van der Waals surface area (Å²) in [4.78, 5) is 30.6. The number of ether oxygens (including phenoxy) is 1. The van der Waals surface area contributed by atoms with Gasteiger partial charge >= 0.3 is 0 Å². The lowest BCUT2D eigenvalue weighted by atomic mass is 9.90. The van der Waals surface area contributed by atoms with Crippen molar-refractivity contribution in [2.24, 2.45) is 0 Å². The number of pyridine rings is 1. The largest absolute Gasteiger partial charge is 0.381 e. The molecule has 2 aromatic heterocycles. The number of aromatic nitrogens is 3. The van der Waals surface area contributed by atoms with Gasteiger partial charge in [0.2, 0.25) is 23.0 Å². The Morgan fingerprint density at radius 2 is 1.81 bits per heavy atom. The highest BCUT2D eigenvalue weighted by Gasteiger charge is 2.42. The number of hydrogen-bond donors (Lipinski definition) is 0. The van der Waals surface area contributed by atoms with Crippen LogP contribution >= 0.6 is 0 Å². The molecule has 0 saturated carbocycles. The Hall–Kier alpha value is -3.12. The minimum absolute atomic E-state index is 0.121. The van der Waals surface area contributed by atoms with E-state index in [2.05, 4.69) is 4.98 Å². The van der Waals surface area contributed by atoms with Gasteiger partial charge in [-0.05, 0) is 6.07 Å². The molecule has 0 fully saturated rings. The number of ketones is 2. The Morgan fingerprint density at radius 1 is 1.07 bits per heavy atom. The SMILES string of the molecule is COCCn1c2c([n+](Cc3cccnc3)c1C)C(=O)c1ccccc1C2=O. The van der Waals surface area contributed by atoms with E-state index in [0.29, 0.717) is 42.2 Å². The first kappa shape index (κ1) is 17.3. The van der Waals surface area contributed by atoms with Gasteiger partial charge in [-0.2, -0.15) is 0 Å². The second kappa shape index (κ2) is 6.89. The van der Waals surface area contributed by atoms with E-state index in [1.54, 1.807) is 43.8 Å². The molecule has 1 aromatic carbocycles. The third kappa shape index (κ3) is 2.78. The van der Waals surface area contributed by atoms with Gasteiger partial charge in [0, 0.05) is 43.1 Å². The maximum atomic E-state index is 13.3. The molecular weight excluding hydrogens is 342 g/mol. The van der Waals surface area contributed by atoms with E-state index in [4.69, 9.17) is 4.74 Å². The molecule has 0 atom stereocenters. The molecule has 0 radical (unpaired) electrons. The molecule has 27 heavy (non-hydrogen) atoms. The molecule has 0 spiro atoms. The molecule has 1 aliphatic rings. The molecule has 1 aliphatic carbocycles. The number of imidazole rings is 1. The summed E-state index contributed by atoms with van der Waals surface area (Å²) in [5.74, 6) is 0.600. The lowest BCUT2D eigenvalue weighted by Gasteiger charge is -2.12. The summed E-state index contributed by atoms with van der Waals surface area (Å²) >= 11 is 0. The topological polar surface area (TPSA) is 65.1 Å². The molecular formula is C21H20N3O3+. The zero-order chi connectivity index (χ0) is 19.0. The van der Waals surface area contributed by atoms with Crippen molar-refractivity contribution in [2.75, 3.05) is 13.7 Å². The van der Waals surface area contributed by atoms with Crippen molar-refractivity contribution in [2.45, 2.75) is 20.0 Å². The van der Waals surface area contributed by atoms with Gasteiger partial charge in [-0.25, -0.2) is 9.13 Å². The van der Waals surface area contributed by atoms with Crippen molar-refractivity contribution in [3.63, 3.8) is 0 Å². The lowest BCUT2D eigenvalue weighted by Crippen LogP contribution is -2.43. The van der Waals surface area contributed by atoms with Gasteiger partial charge in [-0.15, -0.1) is 0 Å². The Balaban J connectivity index is 1.92. The Morgan fingerprint density at radius 3 is 2.48 bits per heavy atom. The van der Waals surface area contributed by atoms with Crippen molar-refractivity contribution in [3.8, 4) is 0 Å². The quantitative estimate of drug-likeness (QED) is 0.509. The van der Waals surface area contributed by atoms with Crippen molar-refractivity contribution in [3.05, 3.63) is 82.7 Å². The number of carbonyl (C=O) groups is 2. The minimum atomic E-state index is -0.122. The zero-order valence-electron chi connectivity index (χ0n) is 15.3. The molecule has 3 aromatic rings. The fourth-order valence-corrected chi connectivity index (χ4v) is 3.64. The standard InChI is InChI=1S/C21H20N3O3/c1-14-23(10-11-27-2)18-19(24(14)13-15-6-5-9-22-12-15)21(26)17-8-4-3-7-16(17)20(18)25/h3-9,12H,10-11,13H2,1-2H3/q+1. The molecule has 0 aliphatic heterocycles. The monoisotopic (exact) mass is 362 g/mol. The molecule has 2 heterocycles. The maximum Gasteiger partial charge on any atom is 0.254 e. The van der Waals surface area contributed by atoms with E-state index in [0.717, 1.165) is 11.4 Å². The Bertz CT molecular complexity index is 1040. The van der Waals surface area contributed by atoms with Crippen LogP contribution in [0.1, 0.15) is 43.5 Å². The summed E-state index contributed by atoms with van der Waals surface area (Å²) in [6.07, 6.45) is 3.49. The number of benzene rings is 1. The van der Waals surface area contributed by atoms with Crippen LogP contribution in [0.2, 0.25) is 0 Å². The second-order valence-electron chi connectivity index (χ2n) is 6.54. The third-order valence-corrected chi connectivity index (χ3v) is 4.97. The Kier molecular flexibility index (Phi) is 4.41. The highest BCUT2D eigenvalue weighted by molar-refractivity contribution is 6.26. The van der Waals surface area contributed by atoms with E-state index < -0.39 is 0 Å². The molecule has 4 rings (SSSR count). The van der Waals surface area contributed by atoms with Crippen LogP contribution in [0, 0.1) is 6.92 Å². The van der Waals surface area contributed by atoms with Crippen LogP contribution in [0.3, 0.4) is 0 Å². The number of hydrogen-bond acceptors (Lipinski definition) is 4. The zero-order valence-corrected chi connectivity index (χ0v) is 15.3. The van der Waals surface area contributed by atoms with Gasteiger partial charge in [-0.3, -0.25) is 14.6 Å². The highest BCUT2D eigenvalue weighted by atomic mass is 16.5. The number of methoxy groups -OCH3 is 1. The van der Waals surface area contributed by atoms with Crippen molar-refractivity contribution in [1.82, 2.24) is 9.55 Å². The molecule has 136 valence electrons. The predicted octanol–water partition coefficient (Wildman–Crippen LogP) is 1.95. The minimum Gasteiger partial charge on any atom is -0.381 e. The van der Waals surface area contributed by atoms with Crippen molar-refractivity contribution >= 4 is 11.6 Å². The lowest BCUT2D eigenvalue weighted by molar-refractivity contribution is -0.695. The summed E-state index contributed by atoms with van der Waals surface area (Å²) < 4.78 is 9.02. The fourth-order valence-electron chi connectivity index (χ4n) is 3.64. The van der Waals surface area contributed by atoms with Crippen LogP contribution in [-0.2, 0) is 17.8 Å². The normalized spacial score (nSPS) is 12.8. The van der Waals surface area contributed by atoms with E-state index in [1.807, 2.05) is 28.2 Å². The van der Waals surface area contributed by atoms with E-state index in [-0.39, 0.29) is 11.6 Å². The first-order valence-electron chi connectivity index (χ1n) is 8.82. The van der Waals surface area contributed by atoms with Gasteiger partial charge < -0.3 is 4.74 Å². The molecule has 0 saturated heterocycles. The highest BCUT2D eigenvalue weighted by Crippen LogP contribution is 2.27. The molecule has 0 amide bonds. The molecule has 6 nitrogen and oxygen atoms in total. The average molecular weight is 362 g/mol. The van der Waals surface area contributed by atoms with Crippen LogP contribution in [-0.4, -0.2) is 34.8 Å². The van der Waals surface area contributed by atoms with E-state index in [1.165, 1.54) is 0 Å². The van der Waals surface area contributed by atoms with Gasteiger partial charge in [0.25, 0.3) is 5.82 Å². The molecule has 0 bridgehead atoms. The molecule has 6 heteroatoms. The van der Waals surface area contributed by atoms with Crippen LogP contribution in [0.4, 0.5) is 0 Å². The fraction of sp³-hybridized carbons (Fsp3) is 0.238. The van der Waals surface area contributed by atoms with Crippen LogP contribution in [0.15, 0.2) is 48.8 Å². The summed E-state index contributed by atoms with van der Waals surface area (Å²) in [7, 11) is 1.62. The summed E-state index contributed by atoms with van der Waals surface area (Å²) in [6.45, 7) is 3.36. The van der Waals surface area contributed by atoms with Gasteiger partial charge in [-0.1, -0.05) is 30.3 Å². The first-order chi connectivity index (χ1) is 13.1. The predicted molar refractivity (Wildman–Crippen MR) is 97.9 cm³/mol. The van der Waals surface area contributed by atoms with Gasteiger partial charge in [0.05, 0.1) is 6.61 Å². The van der Waals surface area contributed by atoms with Gasteiger partial charge in [0.1, 0.15) is 13.1 Å². The molecule has 0 unspecified atom stereocenters. The van der Waals surface area contributed by atoms with Crippen LogP contribution < -0.4 is 4.57 Å². The third-order valence-electron chi connectivity index (χ3n) is 4.97. The number of carbonyl (C=O) groups excluding carboxylic acids is 2. The van der Waals surface area contributed by atoms with E-state index in [9.17, 15) is 9.59 Å². The van der Waals surface area contributed by atoms with Crippen LogP contribution in [0.5, 0.6) is 0 Å². The number of rotatable bonds is 5. The first-order valence-corrected chi connectivity index (χ1v) is 8.82. The van der Waals surface area contributed by atoms with Crippen LogP contribution in [0.25, 0.3) is 0 Å². The Labute approximate surface area is 157 Å². The van der Waals surface area contributed by atoms with Crippen molar-refractivity contribution < 1.29 is 18.9 Å². The summed E-state index contributed by atoms with van der Waals surface area (Å²) in [5, 5.41) is 0. The smallest absolute Gasteiger partial charge is 0.254 e. The van der Waals surface area contributed by atoms with Crippen molar-refractivity contribution in [1.29, 1.82) is 0 Å². The van der Waals surface area contributed by atoms with E-state index >= 15 is 0 Å². The summed E-state index contributed by atoms with van der Waals surface area (Å²) in [5.41, 5.74) is 2.77. The van der Waals surface area contributed by atoms with Gasteiger partial charge in [0.15, 0.2) is 0 Å². The maximum absolute atomic E-state index is 13.3. The summed E-state index contributed by atoms with van der Waals surface area (Å²) in [6, 6.07) is 10.8. The number of nitrogens with zero attached hydrogens (tertiary/aromatic N) is 3. The average Bonchev–Trinajstić information content (AvgIpc) is 2.97.